The molecule has 0 aliphatic carbocycles. The summed E-state index contributed by atoms with van der Waals surface area (Å²) in [6.07, 6.45) is 0. The molecule has 1 aromatic heterocycles. The van der Waals surface area contributed by atoms with Gasteiger partial charge in [0.2, 0.25) is 5.91 Å². The van der Waals surface area contributed by atoms with Gasteiger partial charge in [-0.3, -0.25) is 9.36 Å². The number of amides is 1. The minimum atomic E-state index is -0.427. The molecule has 1 aliphatic rings. The normalized spacial score (nSPS) is 15.7. The molecule has 31 heavy (non-hydrogen) atoms. The Bertz CT molecular complexity index is 1190. The summed E-state index contributed by atoms with van der Waals surface area (Å²) in [7, 11) is 0. The first-order chi connectivity index (χ1) is 14.8. The number of ether oxygens (including phenoxy) is 1. The molecule has 0 bridgehead atoms. The van der Waals surface area contributed by atoms with Crippen LogP contribution in [0.2, 0.25) is 0 Å². The van der Waals surface area contributed by atoms with Gasteiger partial charge in [0.05, 0.1) is 6.04 Å². The number of halogens is 1. The lowest BCUT2D eigenvalue weighted by Crippen LogP contribution is -2.43. The van der Waals surface area contributed by atoms with E-state index in [1.807, 2.05) is 25.1 Å². The number of carbonyl (C=O) groups is 1. The van der Waals surface area contributed by atoms with Crippen molar-refractivity contribution in [1.82, 2.24) is 14.5 Å². The average molecular weight is 421 g/mol. The van der Waals surface area contributed by atoms with Gasteiger partial charge >= 0.3 is 5.69 Å². The Hall–Kier alpha value is -3.48. The SMILES string of the molecule is Cc1cc(C)n(CC(=O)N2Cc3cc(-c4ccc(F)cc4)ccc3OC[C@@H]2C)c(=O)n1. The van der Waals surface area contributed by atoms with Crippen molar-refractivity contribution < 1.29 is 13.9 Å². The van der Waals surface area contributed by atoms with Crippen LogP contribution in [0, 0.1) is 19.7 Å². The molecule has 0 radical (unpaired) electrons. The molecule has 2 aromatic carbocycles. The van der Waals surface area contributed by atoms with Crippen LogP contribution >= 0.6 is 0 Å². The molecule has 1 aliphatic heterocycles. The monoisotopic (exact) mass is 421 g/mol. The summed E-state index contributed by atoms with van der Waals surface area (Å²) >= 11 is 0. The van der Waals surface area contributed by atoms with Gasteiger partial charge in [0.25, 0.3) is 0 Å². The van der Waals surface area contributed by atoms with Gasteiger partial charge in [0, 0.05) is 23.5 Å². The number of hydrogen-bond acceptors (Lipinski definition) is 4. The Morgan fingerprint density at radius 3 is 2.55 bits per heavy atom. The first-order valence-corrected chi connectivity index (χ1v) is 10.2. The van der Waals surface area contributed by atoms with Crippen molar-refractivity contribution in [2.45, 2.75) is 39.9 Å². The van der Waals surface area contributed by atoms with Crippen molar-refractivity contribution in [2.75, 3.05) is 6.61 Å². The van der Waals surface area contributed by atoms with E-state index in [-0.39, 0.29) is 24.3 Å². The van der Waals surface area contributed by atoms with E-state index in [4.69, 9.17) is 4.74 Å². The minimum absolute atomic E-state index is 0.0741. The summed E-state index contributed by atoms with van der Waals surface area (Å²) in [4.78, 5) is 31.1. The van der Waals surface area contributed by atoms with Crippen molar-refractivity contribution in [3.8, 4) is 16.9 Å². The van der Waals surface area contributed by atoms with Crippen LogP contribution in [0.1, 0.15) is 23.9 Å². The van der Waals surface area contributed by atoms with Gasteiger partial charge in [-0.2, -0.15) is 4.98 Å². The number of aryl methyl sites for hydroxylation is 2. The number of benzene rings is 2. The second-order valence-corrected chi connectivity index (χ2v) is 7.92. The molecule has 0 N–H and O–H groups in total. The summed E-state index contributed by atoms with van der Waals surface area (Å²) in [5.74, 6) is 0.258. The van der Waals surface area contributed by atoms with E-state index < -0.39 is 5.69 Å². The Morgan fingerprint density at radius 1 is 1.13 bits per heavy atom. The number of carbonyl (C=O) groups excluding carboxylic acids is 1. The number of nitrogens with zero attached hydrogens (tertiary/aromatic N) is 3. The maximum Gasteiger partial charge on any atom is 0.348 e. The highest BCUT2D eigenvalue weighted by atomic mass is 19.1. The van der Waals surface area contributed by atoms with Crippen LogP contribution in [-0.2, 0) is 17.9 Å². The van der Waals surface area contributed by atoms with Gasteiger partial charge in [-0.25, -0.2) is 9.18 Å². The standard InChI is InChI=1S/C24H24FN3O3/c1-15-10-16(2)28(24(30)26-15)13-23(29)27-12-20-11-19(18-4-7-21(25)8-5-18)6-9-22(20)31-14-17(27)3/h4-11,17H,12-14H2,1-3H3/t17-/m0/s1. The van der Waals surface area contributed by atoms with Crippen molar-refractivity contribution >= 4 is 5.91 Å². The van der Waals surface area contributed by atoms with E-state index in [1.54, 1.807) is 36.9 Å². The summed E-state index contributed by atoms with van der Waals surface area (Å²) in [5, 5.41) is 0. The van der Waals surface area contributed by atoms with Crippen LogP contribution in [0.15, 0.2) is 53.3 Å². The predicted molar refractivity (Wildman–Crippen MR) is 115 cm³/mol. The Kier molecular flexibility index (Phi) is 5.59. The zero-order valence-electron chi connectivity index (χ0n) is 17.8. The molecule has 4 rings (SSSR count). The Labute approximate surface area is 179 Å². The number of hydrogen-bond donors (Lipinski definition) is 0. The molecule has 0 unspecified atom stereocenters. The molecule has 0 saturated heterocycles. The van der Waals surface area contributed by atoms with E-state index in [9.17, 15) is 14.0 Å². The van der Waals surface area contributed by atoms with E-state index >= 15 is 0 Å². The van der Waals surface area contributed by atoms with Crippen LogP contribution in [0.4, 0.5) is 4.39 Å². The predicted octanol–water partition coefficient (Wildman–Crippen LogP) is 3.48. The van der Waals surface area contributed by atoms with Gasteiger partial charge in [-0.1, -0.05) is 18.2 Å². The first kappa shape index (κ1) is 20.8. The average Bonchev–Trinajstić information content (AvgIpc) is 2.89. The van der Waals surface area contributed by atoms with Crippen LogP contribution in [0.5, 0.6) is 5.75 Å². The molecule has 1 atom stereocenters. The Morgan fingerprint density at radius 2 is 1.84 bits per heavy atom. The van der Waals surface area contributed by atoms with E-state index in [2.05, 4.69) is 4.98 Å². The van der Waals surface area contributed by atoms with Crippen LogP contribution in [-0.4, -0.2) is 33.0 Å². The third-order valence-electron chi connectivity index (χ3n) is 5.55. The minimum Gasteiger partial charge on any atom is -0.491 e. The smallest absolute Gasteiger partial charge is 0.348 e. The molecule has 0 saturated carbocycles. The van der Waals surface area contributed by atoms with Gasteiger partial charge in [0.15, 0.2) is 0 Å². The quantitative estimate of drug-likeness (QED) is 0.650. The second-order valence-electron chi connectivity index (χ2n) is 7.92. The highest BCUT2D eigenvalue weighted by Gasteiger charge is 2.26. The second kappa shape index (κ2) is 8.34. The molecule has 6 nitrogen and oxygen atoms in total. The number of fused-ring (bicyclic) bond motifs is 1. The largest absolute Gasteiger partial charge is 0.491 e. The van der Waals surface area contributed by atoms with Gasteiger partial charge < -0.3 is 9.64 Å². The molecule has 2 heterocycles. The first-order valence-electron chi connectivity index (χ1n) is 10.2. The maximum absolute atomic E-state index is 13.3. The van der Waals surface area contributed by atoms with Crippen molar-refractivity contribution in [3.63, 3.8) is 0 Å². The summed E-state index contributed by atoms with van der Waals surface area (Å²) in [6, 6.07) is 13.7. The lowest BCUT2D eigenvalue weighted by Gasteiger charge is -2.27. The fourth-order valence-corrected chi connectivity index (χ4v) is 3.83. The van der Waals surface area contributed by atoms with Crippen LogP contribution < -0.4 is 10.4 Å². The fourth-order valence-electron chi connectivity index (χ4n) is 3.83. The molecule has 7 heteroatoms. The summed E-state index contributed by atoms with van der Waals surface area (Å²) < 4.78 is 20.6. The van der Waals surface area contributed by atoms with Crippen LogP contribution in [0.3, 0.4) is 0 Å². The third-order valence-corrected chi connectivity index (χ3v) is 5.55. The fraction of sp³-hybridized carbons (Fsp3) is 0.292. The van der Waals surface area contributed by atoms with Gasteiger partial charge in [0.1, 0.15) is 24.7 Å². The number of rotatable bonds is 3. The maximum atomic E-state index is 13.3. The van der Waals surface area contributed by atoms with Gasteiger partial charge in [-0.15, -0.1) is 0 Å². The lowest BCUT2D eigenvalue weighted by molar-refractivity contribution is -0.135. The highest BCUT2D eigenvalue weighted by Crippen LogP contribution is 2.30. The van der Waals surface area contributed by atoms with Gasteiger partial charge in [-0.05, 0) is 62.2 Å². The molecule has 0 spiro atoms. The zero-order chi connectivity index (χ0) is 22.1. The molecule has 160 valence electrons. The summed E-state index contributed by atoms with van der Waals surface area (Å²) in [5.41, 5.74) is 3.56. The van der Waals surface area contributed by atoms with Crippen LogP contribution in [0.25, 0.3) is 11.1 Å². The number of aromatic nitrogens is 2. The molecule has 1 amide bonds. The zero-order valence-corrected chi connectivity index (χ0v) is 17.8. The van der Waals surface area contributed by atoms with E-state index in [0.717, 1.165) is 22.4 Å². The lowest BCUT2D eigenvalue weighted by atomic mass is 10.0. The Balaban J connectivity index is 1.62. The van der Waals surface area contributed by atoms with Crippen molar-refractivity contribution in [1.29, 1.82) is 0 Å². The van der Waals surface area contributed by atoms with E-state index in [0.29, 0.717) is 24.5 Å². The summed E-state index contributed by atoms with van der Waals surface area (Å²) in [6.45, 7) is 6.11. The molecule has 0 fully saturated rings. The van der Waals surface area contributed by atoms with E-state index in [1.165, 1.54) is 16.7 Å². The van der Waals surface area contributed by atoms with Crippen molar-refractivity contribution in [2.24, 2.45) is 0 Å². The molecule has 3 aromatic rings. The van der Waals surface area contributed by atoms with Crippen molar-refractivity contribution in [3.05, 3.63) is 81.8 Å². The highest BCUT2D eigenvalue weighted by molar-refractivity contribution is 5.77. The third kappa shape index (κ3) is 4.35. The topological polar surface area (TPSA) is 64.4 Å². The molecular formula is C24H24FN3O3. The molecular weight excluding hydrogens is 397 g/mol.